The van der Waals surface area contributed by atoms with Gasteiger partial charge in [-0.15, -0.1) is 0 Å². The molecule has 0 aliphatic heterocycles. The molecule has 1 heterocycles. The van der Waals surface area contributed by atoms with Crippen molar-refractivity contribution >= 4 is 11.7 Å². The minimum Gasteiger partial charge on any atom is -0.344 e. The first-order chi connectivity index (χ1) is 7.68. The van der Waals surface area contributed by atoms with Crippen molar-refractivity contribution in [1.29, 1.82) is 0 Å². The number of hydrogen-bond donors (Lipinski definition) is 0. The van der Waals surface area contributed by atoms with Gasteiger partial charge in [0.05, 0.1) is 5.92 Å². The Hall–Kier alpha value is -1.39. The van der Waals surface area contributed by atoms with Gasteiger partial charge in [0.1, 0.15) is 5.78 Å². The van der Waals surface area contributed by atoms with Crippen LogP contribution in [0.1, 0.15) is 43.9 Å². The molecule has 0 spiro atoms. The fourth-order valence-corrected chi connectivity index (χ4v) is 1.97. The lowest BCUT2D eigenvalue weighted by Gasteiger charge is -2.06. The highest BCUT2D eigenvalue weighted by molar-refractivity contribution is 5.84. The molecule has 0 N–H and O–H groups in total. The Kier molecular flexibility index (Phi) is 3.22. The van der Waals surface area contributed by atoms with E-state index in [0.29, 0.717) is 18.3 Å². The van der Waals surface area contributed by atoms with Crippen molar-refractivity contribution in [3.05, 3.63) is 5.89 Å². The first-order valence-corrected chi connectivity index (χ1v) is 5.72. The maximum atomic E-state index is 11.9. The van der Waals surface area contributed by atoms with E-state index in [-0.39, 0.29) is 11.7 Å². The first kappa shape index (κ1) is 11.1. The van der Waals surface area contributed by atoms with Gasteiger partial charge in [-0.25, -0.2) is 0 Å². The molecule has 1 aromatic rings. The number of carbonyl (C=O) groups is 1. The third-order valence-electron chi connectivity index (χ3n) is 2.93. The van der Waals surface area contributed by atoms with Gasteiger partial charge in [-0.1, -0.05) is 12.8 Å². The van der Waals surface area contributed by atoms with Crippen LogP contribution in [0.15, 0.2) is 4.52 Å². The van der Waals surface area contributed by atoms with Crippen LogP contribution in [0.4, 0.5) is 5.95 Å². The normalized spacial score (nSPS) is 21.9. The fraction of sp³-hybridized carbons (Fsp3) is 0.727. The SMILES string of the molecule is CN(C)c1noc(C2CCCCCC2=O)n1. The molecule has 1 aliphatic carbocycles. The molecule has 0 amide bonds. The molecule has 2 rings (SSSR count). The van der Waals surface area contributed by atoms with Crippen LogP contribution in [0.2, 0.25) is 0 Å². The molecule has 1 aliphatic rings. The summed E-state index contributed by atoms with van der Waals surface area (Å²) >= 11 is 0. The Morgan fingerprint density at radius 2 is 2.12 bits per heavy atom. The highest BCUT2D eigenvalue weighted by Gasteiger charge is 2.27. The van der Waals surface area contributed by atoms with E-state index in [1.807, 2.05) is 14.1 Å². The largest absolute Gasteiger partial charge is 0.344 e. The fourth-order valence-electron chi connectivity index (χ4n) is 1.97. The summed E-state index contributed by atoms with van der Waals surface area (Å²) in [4.78, 5) is 17.9. The summed E-state index contributed by atoms with van der Waals surface area (Å²) in [6.45, 7) is 0. The zero-order valence-electron chi connectivity index (χ0n) is 9.77. The predicted molar refractivity (Wildman–Crippen MR) is 59.5 cm³/mol. The maximum Gasteiger partial charge on any atom is 0.265 e. The molecule has 1 unspecified atom stereocenters. The molecule has 1 aromatic heterocycles. The quantitative estimate of drug-likeness (QED) is 0.715. The minimum atomic E-state index is -0.177. The second kappa shape index (κ2) is 4.63. The Morgan fingerprint density at radius 3 is 2.81 bits per heavy atom. The summed E-state index contributed by atoms with van der Waals surface area (Å²) < 4.78 is 5.17. The number of aromatic nitrogens is 2. The van der Waals surface area contributed by atoms with E-state index in [0.717, 1.165) is 25.7 Å². The van der Waals surface area contributed by atoms with Gasteiger partial charge < -0.3 is 9.42 Å². The second-order valence-corrected chi connectivity index (χ2v) is 4.45. The van der Waals surface area contributed by atoms with Crippen LogP contribution in [-0.2, 0) is 4.79 Å². The zero-order chi connectivity index (χ0) is 11.5. The lowest BCUT2D eigenvalue weighted by molar-refractivity contribution is -0.120. The average Bonchev–Trinajstić information content (AvgIpc) is 2.63. The van der Waals surface area contributed by atoms with Crippen molar-refractivity contribution in [1.82, 2.24) is 10.1 Å². The summed E-state index contributed by atoms with van der Waals surface area (Å²) in [6.07, 6.45) is 4.66. The Bertz CT molecular complexity index is 373. The molecule has 1 fully saturated rings. The number of nitrogens with zero attached hydrogens (tertiary/aromatic N) is 3. The van der Waals surface area contributed by atoms with E-state index in [1.54, 1.807) is 4.90 Å². The number of Topliss-reactive ketones (excluding diaryl/α,β-unsaturated/α-hetero) is 1. The van der Waals surface area contributed by atoms with Crippen molar-refractivity contribution in [2.45, 2.75) is 38.0 Å². The van der Waals surface area contributed by atoms with E-state index in [2.05, 4.69) is 10.1 Å². The van der Waals surface area contributed by atoms with Crippen LogP contribution < -0.4 is 4.90 Å². The van der Waals surface area contributed by atoms with E-state index < -0.39 is 0 Å². The Morgan fingerprint density at radius 1 is 1.31 bits per heavy atom. The molecule has 0 radical (unpaired) electrons. The van der Waals surface area contributed by atoms with Crippen molar-refractivity contribution in [2.24, 2.45) is 0 Å². The number of carbonyl (C=O) groups excluding carboxylic acids is 1. The highest BCUT2D eigenvalue weighted by atomic mass is 16.5. The van der Waals surface area contributed by atoms with Gasteiger partial charge >= 0.3 is 0 Å². The lowest BCUT2D eigenvalue weighted by atomic mass is 9.99. The van der Waals surface area contributed by atoms with Gasteiger partial charge in [0.15, 0.2) is 0 Å². The first-order valence-electron chi connectivity index (χ1n) is 5.72. The van der Waals surface area contributed by atoms with E-state index >= 15 is 0 Å². The summed E-state index contributed by atoms with van der Waals surface area (Å²) in [5.41, 5.74) is 0. The van der Waals surface area contributed by atoms with Crippen molar-refractivity contribution < 1.29 is 9.32 Å². The summed E-state index contributed by atoms with van der Waals surface area (Å²) in [6, 6.07) is 0. The molecule has 0 bridgehead atoms. The molecule has 0 aromatic carbocycles. The lowest BCUT2D eigenvalue weighted by Crippen LogP contribution is -2.13. The number of ketones is 1. The van der Waals surface area contributed by atoms with Crippen molar-refractivity contribution in [3.8, 4) is 0 Å². The van der Waals surface area contributed by atoms with E-state index in [1.165, 1.54) is 0 Å². The van der Waals surface area contributed by atoms with Gasteiger partial charge in [0.25, 0.3) is 5.95 Å². The van der Waals surface area contributed by atoms with Gasteiger partial charge in [-0.05, 0) is 18.0 Å². The third-order valence-corrected chi connectivity index (χ3v) is 2.93. The number of hydrogen-bond acceptors (Lipinski definition) is 5. The van der Waals surface area contributed by atoms with Gasteiger partial charge in [0.2, 0.25) is 5.89 Å². The van der Waals surface area contributed by atoms with E-state index in [4.69, 9.17) is 4.52 Å². The Balaban J connectivity index is 2.17. The van der Waals surface area contributed by atoms with Crippen LogP contribution in [-0.4, -0.2) is 30.0 Å². The molecule has 1 atom stereocenters. The Labute approximate surface area is 94.8 Å². The standard InChI is InChI=1S/C11H17N3O2/c1-14(2)11-12-10(16-13-11)8-6-4-3-5-7-9(8)15/h8H,3-7H2,1-2H3. The topological polar surface area (TPSA) is 59.2 Å². The second-order valence-electron chi connectivity index (χ2n) is 4.45. The third kappa shape index (κ3) is 2.23. The van der Waals surface area contributed by atoms with Gasteiger partial charge in [-0.2, -0.15) is 4.98 Å². The molecular weight excluding hydrogens is 206 g/mol. The summed E-state index contributed by atoms with van der Waals surface area (Å²) in [5.74, 6) is 1.08. The molecule has 5 heteroatoms. The maximum absolute atomic E-state index is 11.9. The highest BCUT2D eigenvalue weighted by Crippen LogP contribution is 2.28. The molecule has 0 saturated heterocycles. The van der Waals surface area contributed by atoms with E-state index in [9.17, 15) is 4.79 Å². The van der Waals surface area contributed by atoms with Crippen LogP contribution >= 0.6 is 0 Å². The average molecular weight is 223 g/mol. The monoisotopic (exact) mass is 223 g/mol. The van der Waals surface area contributed by atoms with Crippen LogP contribution in [0.5, 0.6) is 0 Å². The molecular formula is C11H17N3O2. The molecule has 16 heavy (non-hydrogen) atoms. The van der Waals surface area contributed by atoms with Crippen LogP contribution in [0.25, 0.3) is 0 Å². The predicted octanol–water partition coefficient (Wildman–Crippen LogP) is 1.75. The minimum absolute atomic E-state index is 0.177. The van der Waals surface area contributed by atoms with Gasteiger partial charge in [0, 0.05) is 20.5 Å². The number of rotatable bonds is 2. The van der Waals surface area contributed by atoms with Crippen LogP contribution in [0.3, 0.4) is 0 Å². The molecule has 5 nitrogen and oxygen atoms in total. The molecule has 1 saturated carbocycles. The van der Waals surface area contributed by atoms with Crippen molar-refractivity contribution in [3.63, 3.8) is 0 Å². The zero-order valence-corrected chi connectivity index (χ0v) is 9.77. The van der Waals surface area contributed by atoms with Gasteiger partial charge in [-0.3, -0.25) is 4.79 Å². The summed E-state index contributed by atoms with van der Waals surface area (Å²) in [5, 5.41) is 3.84. The number of anilines is 1. The molecule has 88 valence electrons. The smallest absolute Gasteiger partial charge is 0.265 e. The van der Waals surface area contributed by atoms with Crippen LogP contribution in [0, 0.1) is 0 Å². The van der Waals surface area contributed by atoms with Crippen molar-refractivity contribution in [2.75, 3.05) is 19.0 Å². The summed E-state index contributed by atoms with van der Waals surface area (Å²) in [7, 11) is 3.70.